The van der Waals surface area contributed by atoms with Gasteiger partial charge in [-0.05, 0) is 18.2 Å². The highest BCUT2D eigenvalue weighted by molar-refractivity contribution is 5.68. The normalized spacial score (nSPS) is 9.31. The number of nitrogens with zero attached hydrogens (tertiary/aromatic N) is 2. The first-order chi connectivity index (χ1) is 6.19. The monoisotopic (exact) mass is 177 g/mol. The highest BCUT2D eigenvalue weighted by Crippen LogP contribution is 2.22. The Bertz CT molecular complexity index is 343. The summed E-state index contributed by atoms with van der Waals surface area (Å²) in [6, 6.07) is 7.07. The van der Waals surface area contributed by atoms with Crippen LogP contribution in [0, 0.1) is 11.3 Å². The molecule has 0 atom stereocenters. The topological polar surface area (TPSA) is 62.3 Å². The molecule has 2 N–H and O–H groups in total. The van der Waals surface area contributed by atoms with E-state index in [0.717, 1.165) is 0 Å². The average molecular weight is 177 g/mol. The molecular formula is C9H11N3O. The minimum Gasteiger partial charge on any atom is -0.397 e. The second kappa shape index (κ2) is 3.78. The van der Waals surface area contributed by atoms with Crippen LogP contribution in [0.25, 0.3) is 0 Å². The third-order valence-electron chi connectivity index (χ3n) is 1.77. The number of benzene rings is 1. The van der Waals surface area contributed by atoms with E-state index in [-0.39, 0.29) is 0 Å². The first-order valence-corrected chi connectivity index (χ1v) is 3.76. The molecule has 0 saturated heterocycles. The Hall–Kier alpha value is -1.73. The molecule has 13 heavy (non-hydrogen) atoms. The lowest BCUT2D eigenvalue weighted by Gasteiger charge is -2.17. The maximum atomic E-state index is 8.66. The fourth-order valence-corrected chi connectivity index (χ4v) is 0.984. The molecular weight excluding hydrogens is 166 g/mol. The number of hydrogen-bond acceptors (Lipinski definition) is 4. The molecule has 0 unspecified atom stereocenters. The SMILES string of the molecule is CON(C)c1cc(C#N)ccc1N. The summed E-state index contributed by atoms with van der Waals surface area (Å²) in [6.45, 7) is 0. The molecule has 0 saturated carbocycles. The Balaban J connectivity index is 3.12. The van der Waals surface area contributed by atoms with Crippen LogP contribution in [-0.4, -0.2) is 14.2 Å². The van der Waals surface area contributed by atoms with Gasteiger partial charge >= 0.3 is 0 Å². The smallest absolute Gasteiger partial charge is 0.0992 e. The van der Waals surface area contributed by atoms with Crippen molar-refractivity contribution < 1.29 is 4.84 Å². The molecule has 1 aromatic rings. The Morgan fingerprint density at radius 3 is 2.77 bits per heavy atom. The highest BCUT2D eigenvalue weighted by atomic mass is 16.7. The fraction of sp³-hybridized carbons (Fsp3) is 0.222. The van der Waals surface area contributed by atoms with Crippen molar-refractivity contribution in [2.45, 2.75) is 0 Å². The summed E-state index contributed by atoms with van der Waals surface area (Å²) in [4.78, 5) is 4.96. The van der Waals surface area contributed by atoms with Gasteiger partial charge in [0, 0.05) is 7.05 Å². The van der Waals surface area contributed by atoms with Gasteiger partial charge in [0.2, 0.25) is 0 Å². The number of rotatable bonds is 2. The van der Waals surface area contributed by atoms with Gasteiger partial charge in [0.05, 0.1) is 30.1 Å². The van der Waals surface area contributed by atoms with E-state index in [0.29, 0.717) is 16.9 Å². The van der Waals surface area contributed by atoms with E-state index in [4.69, 9.17) is 15.8 Å². The van der Waals surface area contributed by atoms with Gasteiger partial charge in [0.25, 0.3) is 0 Å². The van der Waals surface area contributed by atoms with Crippen LogP contribution in [0.3, 0.4) is 0 Å². The quantitative estimate of drug-likeness (QED) is 0.543. The van der Waals surface area contributed by atoms with Crippen molar-refractivity contribution in [3.8, 4) is 6.07 Å². The van der Waals surface area contributed by atoms with E-state index in [1.54, 1.807) is 32.4 Å². The van der Waals surface area contributed by atoms with E-state index in [9.17, 15) is 0 Å². The molecule has 0 aliphatic carbocycles. The molecule has 0 bridgehead atoms. The Morgan fingerprint density at radius 2 is 2.23 bits per heavy atom. The van der Waals surface area contributed by atoms with Crippen molar-refractivity contribution >= 4 is 11.4 Å². The van der Waals surface area contributed by atoms with E-state index >= 15 is 0 Å². The van der Waals surface area contributed by atoms with Crippen LogP contribution >= 0.6 is 0 Å². The third-order valence-corrected chi connectivity index (χ3v) is 1.77. The van der Waals surface area contributed by atoms with Crippen LogP contribution in [0.4, 0.5) is 11.4 Å². The summed E-state index contributed by atoms with van der Waals surface area (Å²) in [6.07, 6.45) is 0. The lowest BCUT2D eigenvalue weighted by Crippen LogP contribution is -2.16. The second-order valence-electron chi connectivity index (χ2n) is 2.57. The van der Waals surface area contributed by atoms with Crippen LogP contribution < -0.4 is 10.8 Å². The number of hydrogen-bond donors (Lipinski definition) is 1. The van der Waals surface area contributed by atoms with E-state index in [1.807, 2.05) is 6.07 Å². The fourth-order valence-electron chi connectivity index (χ4n) is 0.984. The van der Waals surface area contributed by atoms with E-state index in [2.05, 4.69) is 0 Å². The van der Waals surface area contributed by atoms with Crippen LogP contribution in [0.15, 0.2) is 18.2 Å². The minimum absolute atomic E-state index is 0.563. The van der Waals surface area contributed by atoms with Crippen molar-refractivity contribution in [2.75, 3.05) is 25.0 Å². The van der Waals surface area contributed by atoms with Gasteiger partial charge in [0.1, 0.15) is 0 Å². The van der Waals surface area contributed by atoms with Gasteiger partial charge in [-0.3, -0.25) is 9.90 Å². The Kier molecular flexibility index (Phi) is 2.72. The summed E-state index contributed by atoms with van der Waals surface area (Å²) in [5.41, 5.74) is 7.53. The zero-order valence-corrected chi connectivity index (χ0v) is 7.61. The zero-order valence-electron chi connectivity index (χ0n) is 7.61. The van der Waals surface area contributed by atoms with Crippen LogP contribution in [-0.2, 0) is 4.84 Å². The molecule has 1 rings (SSSR count). The third kappa shape index (κ3) is 1.89. The first-order valence-electron chi connectivity index (χ1n) is 3.76. The van der Waals surface area contributed by atoms with Gasteiger partial charge in [-0.2, -0.15) is 5.26 Å². The van der Waals surface area contributed by atoms with Crippen LogP contribution in [0.5, 0.6) is 0 Å². The van der Waals surface area contributed by atoms with Crippen LogP contribution in [0.2, 0.25) is 0 Å². The van der Waals surface area contributed by atoms with Gasteiger partial charge in [-0.25, -0.2) is 0 Å². The predicted molar refractivity (Wildman–Crippen MR) is 51.0 cm³/mol. The summed E-state index contributed by atoms with van der Waals surface area (Å²) in [5.74, 6) is 0. The lowest BCUT2D eigenvalue weighted by molar-refractivity contribution is 0.185. The first kappa shape index (κ1) is 9.36. The van der Waals surface area contributed by atoms with Crippen molar-refractivity contribution in [3.05, 3.63) is 23.8 Å². The number of nitrogen functional groups attached to an aromatic ring is 1. The summed E-state index contributed by atoms with van der Waals surface area (Å²) in [5, 5.41) is 10.2. The largest absolute Gasteiger partial charge is 0.397 e. The molecule has 0 amide bonds. The standard InChI is InChI=1S/C9H11N3O/c1-12(13-2)9-5-7(6-10)3-4-8(9)11/h3-5H,11H2,1-2H3. The van der Waals surface area contributed by atoms with Crippen molar-refractivity contribution in [2.24, 2.45) is 0 Å². The maximum Gasteiger partial charge on any atom is 0.0992 e. The van der Waals surface area contributed by atoms with E-state index < -0.39 is 0 Å². The van der Waals surface area contributed by atoms with Crippen LogP contribution in [0.1, 0.15) is 5.56 Å². The van der Waals surface area contributed by atoms with Gasteiger partial charge in [0.15, 0.2) is 0 Å². The average Bonchev–Trinajstić information content (AvgIpc) is 2.17. The second-order valence-corrected chi connectivity index (χ2v) is 2.57. The molecule has 4 nitrogen and oxygen atoms in total. The molecule has 0 radical (unpaired) electrons. The molecule has 4 heteroatoms. The summed E-state index contributed by atoms with van der Waals surface area (Å²) in [7, 11) is 3.27. The molecule has 68 valence electrons. The van der Waals surface area contributed by atoms with Crippen molar-refractivity contribution in [1.29, 1.82) is 5.26 Å². The molecule has 0 fully saturated rings. The van der Waals surface area contributed by atoms with Crippen molar-refractivity contribution in [3.63, 3.8) is 0 Å². The van der Waals surface area contributed by atoms with E-state index in [1.165, 1.54) is 5.06 Å². The Labute approximate surface area is 77.1 Å². The number of nitrogens with two attached hydrogens (primary N) is 1. The molecule has 0 heterocycles. The number of hydroxylamine groups is 1. The number of anilines is 2. The molecule has 0 aromatic heterocycles. The predicted octanol–water partition coefficient (Wildman–Crippen LogP) is 1.14. The lowest BCUT2D eigenvalue weighted by atomic mass is 10.2. The molecule has 0 aliphatic heterocycles. The zero-order chi connectivity index (χ0) is 9.84. The molecule has 1 aromatic carbocycles. The highest BCUT2D eigenvalue weighted by Gasteiger charge is 2.05. The molecule has 0 aliphatic rings. The van der Waals surface area contributed by atoms with Crippen molar-refractivity contribution in [1.82, 2.24) is 0 Å². The van der Waals surface area contributed by atoms with Gasteiger partial charge in [-0.1, -0.05) is 0 Å². The summed E-state index contributed by atoms with van der Waals surface area (Å²) < 4.78 is 0. The maximum absolute atomic E-state index is 8.66. The van der Waals surface area contributed by atoms with Gasteiger partial charge < -0.3 is 5.73 Å². The van der Waals surface area contributed by atoms with Gasteiger partial charge in [-0.15, -0.1) is 0 Å². The summed E-state index contributed by atoms with van der Waals surface area (Å²) >= 11 is 0. The minimum atomic E-state index is 0.563. The number of nitriles is 1. The Morgan fingerprint density at radius 1 is 1.54 bits per heavy atom. The molecule has 0 spiro atoms.